The van der Waals surface area contributed by atoms with Crippen LogP contribution in [-0.2, 0) is 23.0 Å². The number of benzene rings is 2. The maximum absolute atomic E-state index is 12.5. The first-order valence-corrected chi connectivity index (χ1v) is 11.5. The van der Waals surface area contributed by atoms with E-state index in [-0.39, 0.29) is 17.4 Å². The zero-order valence-corrected chi connectivity index (χ0v) is 19.5. The molecule has 3 aromatic rings. The Hall–Kier alpha value is -2.97. The molecule has 9 heteroatoms. The van der Waals surface area contributed by atoms with Crippen LogP contribution in [0.4, 0.5) is 0 Å². The first kappa shape index (κ1) is 23.7. The van der Waals surface area contributed by atoms with E-state index in [2.05, 4.69) is 5.32 Å². The van der Waals surface area contributed by atoms with Gasteiger partial charge in [0, 0.05) is 12.1 Å². The van der Waals surface area contributed by atoms with E-state index >= 15 is 0 Å². The molecule has 0 saturated carbocycles. The van der Waals surface area contributed by atoms with Crippen LogP contribution in [0.1, 0.15) is 21.9 Å². The van der Waals surface area contributed by atoms with Gasteiger partial charge in [0.2, 0.25) is 5.75 Å². The fourth-order valence-electron chi connectivity index (χ4n) is 3.17. The topological polar surface area (TPSA) is 87.0 Å². The van der Waals surface area contributed by atoms with Gasteiger partial charge >= 0.3 is 0 Å². The van der Waals surface area contributed by atoms with Crippen molar-refractivity contribution in [2.45, 2.75) is 17.1 Å². The summed E-state index contributed by atoms with van der Waals surface area (Å²) in [6.07, 6.45) is 0.513. The number of amides is 1. The van der Waals surface area contributed by atoms with E-state index in [1.807, 2.05) is 6.07 Å². The summed E-state index contributed by atoms with van der Waals surface area (Å²) in [4.78, 5) is 13.0. The van der Waals surface area contributed by atoms with Gasteiger partial charge in [-0.05, 0) is 36.8 Å². The van der Waals surface area contributed by atoms with E-state index < -0.39 is 10.8 Å². The largest absolute Gasteiger partial charge is 0.493 e. The quantitative estimate of drug-likeness (QED) is 0.470. The number of rotatable bonds is 10. The minimum atomic E-state index is -1.38. The number of furan rings is 1. The monoisotopic (exact) mass is 477 g/mol. The average Bonchev–Trinajstić information content (AvgIpc) is 3.27. The number of hydrogen-bond acceptors (Lipinski definition) is 6. The van der Waals surface area contributed by atoms with Gasteiger partial charge in [-0.15, -0.1) is 0 Å². The van der Waals surface area contributed by atoms with Crippen LogP contribution in [0.15, 0.2) is 57.8 Å². The van der Waals surface area contributed by atoms with Gasteiger partial charge < -0.3 is 23.9 Å². The summed E-state index contributed by atoms with van der Waals surface area (Å²) in [6.45, 7) is 0.353. The average molecular weight is 478 g/mol. The molecule has 170 valence electrons. The molecule has 1 amide bonds. The van der Waals surface area contributed by atoms with Gasteiger partial charge in [-0.25, -0.2) is 0 Å². The number of carbonyl (C=O) groups is 1. The fourth-order valence-corrected chi connectivity index (χ4v) is 4.65. The summed E-state index contributed by atoms with van der Waals surface area (Å²) < 4.78 is 34.2. The van der Waals surface area contributed by atoms with Crippen molar-refractivity contribution in [3.63, 3.8) is 0 Å². The lowest BCUT2D eigenvalue weighted by molar-refractivity contribution is 0.0925. The predicted molar refractivity (Wildman–Crippen MR) is 122 cm³/mol. The van der Waals surface area contributed by atoms with E-state index in [1.165, 1.54) is 0 Å². The van der Waals surface area contributed by atoms with Crippen molar-refractivity contribution in [3.05, 3.63) is 70.6 Å². The molecule has 0 aliphatic carbocycles. The molecule has 1 unspecified atom stereocenters. The minimum absolute atomic E-state index is 0.125. The van der Waals surface area contributed by atoms with Gasteiger partial charge in [0.15, 0.2) is 17.3 Å². The van der Waals surface area contributed by atoms with Crippen LogP contribution in [0.5, 0.6) is 17.2 Å². The number of nitrogens with one attached hydrogen (secondary N) is 1. The summed E-state index contributed by atoms with van der Waals surface area (Å²) >= 11 is 6.09. The molecule has 0 aliphatic heterocycles. The van der Waals surface area contributed by atoms with Crippen LogP contribution in [0.25, 0.3) is 0 Å². The summed E-state index contributed by atoms with van der Waals surface area (Å²) in [6, 6.07) is 13.8. The Kier molecular flexibility index (Phi) is 8.19. The molecular formula is C23H24ClNO6S. The highest BCUT2D eigenvalue weighted by Crippen LogP contribution is 2.39. The number of ether oxygens (including phenoxy) is 3. The van der Waals surface area contributed by atoms with E-state index in [9.17, 15) is 9.00 Å². The molecule has 1 N–H and O–H groups in total. The predicted octanol–water partition coefficient (Wildman–Crippen LogP) is 4.24. The maximum atomic E-state index is 12.5. The fraction of sp³-hybridized carbons (Fsp3) is 0.261. The van der Waals surface area contributed by atoms with Crippen LogP contribution < -0.4 is 19.5 Å². The summed E-state index contributed by atoms with van der Waals surface area (Å²) in [5, 5.41) is 3.25. The summed E-state index contributed by atoms with van der Waals surface area (Å²) in [5.41, 5.74) is 0.862. The van der Waals surface area contributed by atoms with Crippen molar-refractivity contribution in [1.82, 2.24) is 5.32 Å². The third kappa shape index (κ3) is 5.44. The number of hydrogen-bond donors (Lipinski definition) is 1. The Morgan fingerprint density at radius 2 is 1.75 bits per heavy atom. The Labute approximate surface area is 194 Å². The Morgan fingerprint density at radius 3 is 2.44 bits per heavy atom. The summed E-state index contributed by atoms with van der Waals surface area (Å²) in [7, 11) is 3.27. The lowest BCUT2D eigenvalue weighted by Crippen LogP contribution is -2.25. The SMILES string of the molecule is COc1ccc(CCNC(=O)c2ccc(CS(=O)c3ccccc3Cl)o2)c(OC)c1OC. The molecule has 0 fully saturated rings. The lowest BCUT2D eigenvalue weighted by atomic mass is 10.1. The highest BCUT2D eigenvalue weighted by molar-refractivity contribution is 7.84. The molecule has 0 saturated heterocycles. The number of carbonyl (C=O) groups excluding carboxylic acids is 1. The van der Waals surface area contributed by atoms with Gasteiger partial charge in [0.25, 0.3) is 5.91 Å². The van der Waals surface area contributed by atoms with Crippen molar-refractivity contribution in [3.8, 4) is 17.2 Å². The molecule has 32 heavy (non-hydrogen) atoms. The van der Waals surface area contributed by atoms with E-state index in [0.717, 1.165) is 5.56 Å². The van der Waals surface area contributed by atoms with Gasteiger partial charge in [-0.2, -0.15) is 0 Å². The van der Waals surface area contributed by atoms with Crippen LogP contribution >= 0.6 is 11.6 Å². The third-order valence-electron chi connectivity index (χ3n) is 4.71. The van der Waals surface area contributed by atoms with Gasteiger partial charge in [-0.3, -0.25) is 9.00 Å². The first-order chi connectivity index (χ1) is 15.5. The Bertz CT molecular complexity index is 1110. The number of methoxy groups -OCH3 is 3. The van der Waals surface area contributed by atoms with Crippen molar-refractivity contribution in [2.24, 2.45) is 0 Å². The zero-order chi connectivity index (χ0) is 23.1. The van der Waals surface area contributed by atoms with Crippen LogP contribution in [-0.4, -0.2) is 38.0 Å². The van der Waals surface area contributed by atoms with Crippen molar-refractivity contribution in [1.29, 1.82) is 0 Å². The Balaban J connectivity index is 1.59. The minimum Gasteiger partial charge on any atom is -0.493 e. The Morgan fingerprint density at radius 1 is 1.00 bits per heavy atom. The van der Waals surface area contributed by atoms with E-state index in [4.69, 9.17) is 30.2 Å². The third-order valence-corrected chi connectivity index (χ3v) is 6.54. The van der Waals surface area contributed by atoms with E-state index in [1.54, 1.807) is 63.8 Å². The normalized spacial score (nSPS) is 11.6. The van der Waals surface area contributed by atoms with Crippen molar-refractivity contribution < 1.29 is 27.6 Å². The van der Waals surface area contributed by atoms with Crippen molar-refractivity contribution in [2.75, 3.05) is 27.9 Å². The molecule has 1 heterocycles. The zero-order valence-electron chi connectivity index (χ0n) is 18.0. The second kappa shape index (κ2) is 11.1. The van der Waals surface area contributed by atoms with Crippen LogP contribution in [0.2, 0.25) is 5.02 Å². The van der Waals surface area contributed by atoms with Crippen LogP contribution in [0.3, 0.4) is 0 Å². The molecule has 3 rings (SSSR count). The first-order valence-electron chi connectivity index (χ1n) is 9.76. The maximum Gasteiger partial charge on any atom is 0.287 e. The van der Waals surface area contributed by atoms with E-state index in [0.29, 0.717) is 45.9 Å². The molecule has 0 aliphatic rings. The highest BCUT2D eigenvalue weighted by Gasteiger charge is 2.17. The molecule has 0 spiro atoms. The number of halogens is 1. The molecule has 1 atom stereocenters. The molecule has 1 aromatic heterocycles. The van der Waals surface area contributed by atoms with Gasteiger partial charge in [-0.1, -0.05) is 29.8 Å². The van der Waals surface area contributed by atoms with Crippen LogP contribution in [0, 0.1) is 0 Å². The molecule has 0 bridgehead atoms. The molecule has 0 radical (unpaired) electrons. The second-order valence-corrected chi connectivity index (χ2v) is 8.51. The summed E-state index contributed by atoms with van der Waals surface area (Å²) in [5.74, 6) is 1.98. The van der Waals surface area contributed by atoms with Crippen molar-refractivity contribution >= 4 is 28.3 Å². The van der Waals surface area contributed by atoms with Gasteiger partial charge in [0.05, 0.1) is 47.8 Å². The second-order valence-electron chi connectivity index (χ2n) is 6.69. The molecule has 7 nitrogen and oxygen atoms in total. The lowest BCUT2D eigenvalue weighted by Gasteiger charge is -2.15. The highest BCUT2D eigenvalue weighted by atomic mass is 35.5. The molecular weight excluding hydrogens is 454 g/mol. The standard InChI is InChI=1S/C23H24ClNO6S/c1-28-18-10-8-15(21(29-2)22(18)30-3)12-13-25-23(26)19-11-9-16(31-19)14-32(27)20-7-5-4-6-17(20)24/h4-11H,12-14H2,1-3H3,(H,25,26). The molecule has 2 aromatic carbocycles. The van der Waals surface area contributed by atoms with Gasteiger partial charge in [0.1, 0.15) is 5.76 Å². The smallest absolute Gasteiger partial charge is 0.287 e.